The van der Waals surface area contributed by atoms with Crippen LogP contribution in [0.4, 0.5) is 0 Å². The van der Waals surface area contributed by atoms with Crippen LogP contribution >= 0.6 is 0 Å². The lowest BCUT2D eigenvalue weighted by atomic mass is 9.88. The Labute approximate surface area is 100 Å². The second-order valence-electron chi connectivity index (χ2n) is 4.56. The fourth-order valence-corrected chi connectivity index (χ4v) is 2.94. The number of aliphatic hydroxyl groups is 1. The molecule has 1 N–H and O–H groups in total. The Morgan fingerprint density at radius 3 is 1.88 bits per heavy atom. The van der Waals surface area contributed by atoms with Crippen LogP contribution in [0.15, 0.2) is 0 Å². The van der Waals surface area contributed by atoms with Gasteiger partial charge in [0.05, 0.1) is 11.4 Å². The standard InChI is InChI=1S/C12H26O3S/c1-4-8-12(13,9-5-2)10-7-11-16(14,15)6-3/h13H,4-11H2,1-3H3. The minimum atomic E-state index is -2.88. The first kappa shape index (κ1) is 15.9. The molecule has 0 radical (unpaired) electrons. The van der Waals surface area contributed by atoms with Crippen molar-refractivity contribution in [3.8, 4) is 0 Å². The van der Waals surface area contributed by atoms with E-state index >= 15 is 0 Å². The zero-order valence-electron chi connectivity index (χ0n) is 10.8. The summed E-state index contributed by atoms with van der Waals surface area (Å²) in [5.74, 6) is 0.409. The van der Waals surface area contributed by atoms with Gasteiger partial charge in [0.2, 0.25) is 0 Å². The Kier molecular flexibility index (Phi) is 7.24. The normalized spacial score (nSPS) is 13.0. The average Bonchev–Trinajstić information content (AvgIpc) is 2.18. The Hall–Kier alpha value is -0.0900. The first-order valence-electron chi connectivity index (χ1n) is 6.32. The lowest BCUT2D eigenvalue weighted by molar-refractivity contribution is 0.0125. The highest BCUT2D eigenvalue weighted by Crippen LogP contribution is 2.25. The molecule has 0 amide bonds. The minimum Gasteiger partial charge on any atom is -0.390 e. The van der Waals surface area contributed by atoms with E-state index in [0.717, 1.165) is 25.7 Å². The van der Waals surface area contributed by atoms with E-state index in [-0.39, 0.29) is 11.5 Å². The van der Waals surface area contributed by atoms with Crippen molar-refractivity contribution < 1.29 is 13.5 Å². The van der Waals surface area contributed by atoms with Crippen LogP contribution in [-0.4, -0.2) is 30.6 Å². The van der Waals surface area contributed by atoms with Gasteiger partial charge >= 0.3 is 0 Å². The van der Waals surface area contributed by atoms with Gasteiger partial charge in [0.15, 0.2) is 0 Å². The van der Waals surface area contributed by atoms with Gasteiger partial charge in [0, 0.05) is 5.75 Å². The van der Waals surface area contributed by atoms with Gasteiger partial charge in [0.1, 0.15) is 9.84 Å². The van der Waals surface area contributed by atoms with E-state index in [1.807, 2.05) is 13.8 Å². The van der Waals surface area contributed by atoms with Crippen LogP contribution in [0.25, 0.3) is 0 Å². The molecule has 0 aliphatic carbocycles. The number of rotatable bonds is 9. The molecule has 0 saturated heterocycles. The van der Waals surface area contributed by atoms with Gasteiger partial charge in [-0.15, -0.1) is 0 Å². The summed E-state index contributed by atoms with van der Waals surface area (Å²) >= 11 is 0. The van der Waals surface area contributed by atoms with Gasteiger partial charge in [-0.05, 0) is 25.7 Å². The number of hydrogen-bond acceptors (Lipinski definition) is 3. The summed E-state index contributed by atoms with van der Waals surface area (Å²) in [5.41, 5.74) is -0.646. The topological polar surface area (TPSA) is 54.4 Å². The molecule has 0 heterocycles. The van der Waals surface area contributed by atoms with Crippen molar-refractivity contribution in [3.63, 3.8) is 0 Å². The van der Waals surface area contributed by atoms with Crippen LogP contribution in [0, 0.1) is 0 Å². The van der Waals surface area contributed by atoms with Crippen LogP contribution in [0.2, 0.25) is 0 Å². The van der Waals surface area contributed by atoms with Gasteiger partial charge in [-0.25, -0.2) is 8.42 Å². The molecule has 0 aliphatic rings. The average molecular weight is 250 g/mol. The van der Waals surface area contributed by atoms with Crippen LogP contribution < -0.4 is 0 Å². The molecule has 3 nitrogen and oxygen atoms in total. The summed E-state index contributed by atoms with van der Waals surface area (Å²) in [7, 11) is -2.88. The molecule has 0 unspecified atom stereocenters. The molecule has 16 heavy (non-hydrogen) atoms. The molecule has 98 valence electrons. The minimum absolute atomic E-state index is 0.201. The monoisotopic (exact) mass is 250 g/mol. The van der Waals surface area contributed by atoms with Crippen LogP contribution in [0.1, 0.15) is 59.3 Å². The third kappa shape index (κ3) is 6.48. The Balaban J connectivity index is 4.12. The second-order valence-corrected chi connectivity index (χ2v) is 7.04. The Bertz CT molecular complexity index is 264. The number of sulfone groups is 1. The maximum absolute atomic E-state index is 11.3. The summed E-state index contributed by atoms with van der Waals surface area (Å²) in [5, 5.41) is 10.3. The van der Waals surface area contributed by atoms with E-state index in [2.05, 4.69) is 0 Å². The van der Waals surface area contributed by atoms with Crippen molar-refractivity contribution in [1.29, 1.82) is 0 Å². The van der Waals surface area contributed by atoms with E-state index in [1.54, 1.807) is 6.92 Å². The number of hydrogen-bond donors (Lipinski definition) is 1. The maximum Gasteiger partial charge on any atom is 0.150 e. The van der Waals surface area contributed by atoms with E-state index < -0.39 is 15.4 Å². The first-order chi connectivity index (χ1) is 7.39. The Morgan fingerprint density at radius 1 is 1.00 bits per heavy atom. The molecule has 0 fully saturated rings. The third-order valence-electron chi connectivity index (χ3n) is 2.97. The van der Waals surface area contributed by atoms with Gasteiger partial charge < -0.3 is 5.11 Å². The molecule has 0 aromatic rings. The molecule has 4 heteroatoms. The molecule has 0 aliphatic heterocycles. The molecule has 0 atom stereocenters. The highest BCUT2D eigenvalue weighted by molar-refractivity contribution is 7.91. The molecule has 0 aromatic carbocycles. The van der Waals surface area contributed by atoms with Gasteiger partial charge in [-0.1, -0.05) is 33.6 Å². The summed E-state index contributed by atoms with van der Waals surface area (Å²) < 4.78 is 22.6. The molecule has 0 spiro atoms. The van der Waals surface area contributed by atoms with Crippen molar-refractivity contribution in [2.45, 2.75) is 64.9 Å². The predicted molar refractivity (Wildman–Crippen MR) is 68.3 cm³/mol. The summed E-state index contributed by atoms with van der Waals surface area (Å²) in [6.07, 6.45) is 4.61. The molecule has 0 rings (SSSR count). The predicted octanol–water partition coefficient (Wildman–Crippen LogP) is 2.53. The van der Waals surface area contributed by atoms with E-state index in [0.29, 0.717) is 12.8 Å². The van der Waals surface area contributed by atoms with Crippen molar-refractivity contribution in [2.75, 3.05) is 11.5 Å². The van der Waals surface area contributed by atoms with Crippen molar-refractivity contribution >= 4 is 9.84 Å². The molecular formula is C12H26O3S. The highest BCUT2D eigenvalue weighted by Gasteiger charge is 2.24. The molecule has 0 saturated carbocycles. The van der Waals surface area contributed by atoms with Gasteiger partial charge in [-0.3, -0.25) is 0 Å². The molecule has 0 aromatic heterocycles. The van der Waals surface area contributed by atoms with Gasteiger partial charge in [-0.2, -0.15) is 0 Å². The third-order valence-corrected chi connectivity index (χ3v) is 4.76. The van der Waals surface area contributed by atoms with Gasteiger partial charge in [0.25, 0.3) is 0 Å². The molecule has 0 bridgehead atoms. The van der Waals surface area contributed by atoms with E-state index in [4.69, 9.17) is 0 Å². The SMILES string of the molecule is CCCC(O)(CCC)CCCS(=O)(=O)CC. The lowest BCUT2D eigenvalue weighted by Gasteiger charge is -2.27. The maximum atomic E-state index is 11.3. The van der Waals surface area contributed by atoms with Crippen molar-refractivity contribution in [2.24, 2.45) is 0 Å². The van der Waals surface area contributed by atoms with Crippen LogP contribution in [-0.2, 0) is 9.84 Å². The largest absolute Gasteiger partial charge is 0.390 e. The lowest BCUT2D eigenvalue weighted by Crippen LogP contribution is -2.29. The quantitative estimate of drug-likeness (QED) is 0.684. The fraction of sp³-hybridized carbons (Fsp3) is 1.00. The first-order valence-corrected chi connectivity index (χ1v) is 8.14. The smallest absolute Gasteiger partial charge is 0.150 e. The zero-order chi connectivity index (χ0) is 12.7. The Morgan fingerprint density at radius 2 is 1.50 bits per heavy atom. The van der Waals surface area contributed by atoms with E-state index in [9.17, 15) is 13.5 Å². The van der Waals surface area contributed by atoms with Crippen molar-refractivity contribution in [3.05, 3.63) is 0 Å². The van der Waals surface area contributed by atoms with Crippen LogP contribution in [0.5, 0.6) is 0 Å². The highest BCUT2D eigenvalue weighted by atomic mass is 32.2. The zero-order valence-corrected chi connectivity index (χ0v) is 11.6. The summed E-state index contributed by atoms with van der Waals surface area (Å²) in [6, 6.07) is 0. The fourth-order valence-electron chi connectivity index (χ4n) is 2.07. The van der Waals surface area contributed by atoms with E-state index in [1.165, 1.54) is 0 Å². The van der Waals surface area contributed by atoms with Crippen LogP contribution in [0.3, 0.4) is 0 Å². The summed E-state index contributed by atoms with van der Waals surface area (Å²) in [4.78, 5) is 0. The summed E-state index contributed by atoms with van der Waals surface area (Å²) in [6.45, 7) is 5.76. The molecular weight excluding hydrogens is 224 g/mol. The van der Waals surface area contributed by atoms with Crippen molar-refractivity contribution in [1.82, 2.24) is 0 Å². The second kappa shape index (κ2) is 7.28.